The van der Waals surface area contributed by atoms with E-state index in [4.69, 9.17) is 5.14 Å². The highest BCUT2D eigenvalue weighted by atomic mass is 32.2. The van der Waals surface area contributed by atoms with Crippen LogP contribution in [0.15, 0.2) is 17.4 Å². The highest BCUT2D eigenvalue weighted by Crippen LogP contribution is 2.14. The molecule has 0 amide bonds. The monoisotopic (exact) mass is 277 g/mol. The molecule has 0 aliphatic heterocycles. The molecule has 0 bridgehead atoms. The lowest BCUT2D eigenvalue weighted by atomic mass is 10.5. The molecule has 0 aromatic carbocycles. The molecule has 0 saturated heterocycles. The average molecular weight is 277 g/mol. The number of ether oxygens (including phenoxy) is 1. The van der Waals surface area contributed by atoms with Crippen molar-refractivity contribution >= 4 is 27.8 Å². The maximum absolute atomic E-state index is 11.1. The average Bonchev–Trinajstić information content (AvgIpc) is 2.27. The minimum absolute atomic E-state index is 0.0769. The number of rotatable bonds is 5. The Hall–Kier alpha value is -1.19. The molecule has 0 aliphatic rings. The number of hydrogen-bond donors (Lipinski definition) is 1. The van der Waals surface area contributed by atoms with Crippen LogP contribution in [0.5, 0.6) is 0 Å². The second-order valence-corrected chi connectivity index (χ2v) is 5.80. The van der Waals surface area contributed by atoms with E-state index in [1.807, 2.05) is 0 Å². The van der Waals surface area contributed by atoms with Gasteiger partial charge in [-0.2, -0.15) is 0 Å². The van der Waals surface area contributed by atoms with Crippen molar-refractivity contribution in [3.8, 4) is 0 Å². The van der Waals surface area contributed by atoms with Gasteiger partial charge in [0.25, 0.3) is 0 Å². The van der Waals surface area contributed by atoms with Gasteiger partial charge in [0.15, 0.2) is 5.69 Å². The molecule has 0 aliphatic carbocycles. The summed E-state index contributed by atoms with van der Waals surface area (Å²) in [5.41, 5.74) is 0.0769. The summed E-state index contributed by atoms with van der Waals surface area (Å²) >= 11 is 1.15. The summed E-state index contributed by atoms with van der Waals surface area (Å²) in [7, 11) is -2.25. The number of methoxy groups -OCH3 is 1. The quantitative estimate of drug-likeness (QED) is 0.578. The third-order valence-corrected chi connectivity index (χ3v) is 3.56. The van der Waals surface area contributed by atoms with Crippen LogP contribution in [-0.4, -0.2) is 43.0 Å². The number of carbonyl (C=O) groups is 1. The fourth-order valence-electron chi connectivity index (χ4n) is 0.883. The zero-order valence-corrected chi connectivity index (χ0v) is 10.6. The van der Waals surface area contributed by atoms with Gasteiger partial charge in [-0.3, -0.25) is 4.98 Å². The predicted octanol–water partition coefficient (Wildman–Crippen LogP) is -0.356. The maximum Gasteiger partial charge on any atom is 0.358 e. The Morgan fingerprint density at radius 1 is 1.53 bits per heavy atom. The first-order valence-corrected chi connectivity index (χ1v) is 7.16. The van der Waals surface area contributed by atoms with E-state index in [-0.39, 0.29) is 17.2 Å². The molecule has 0 unspecified atom stereocenters. The van der Waals surface area contributed by atoms with Crippen molar-refractivity contribution < 1.29 is 17.9 Å². The van der Waals surface area contributed by atoms with Crippen molar-refractivity contribution in [2.24, 2.45) is 5.14 Å². The maximum atomic E-state index is 11.1. The molecule has 0 fully saturated rings. The molecule has 1 aromatic heterocycles. The van der Waals surface area contributed by atoms with Gasteiger partial charge in [-0.05, 0) is 0 Å². The van der Waals surface area contributed by atoms with Crippen LogP contribution in [0.4, 0.5) is 0 Å². The van der Waals surface area contributed by atoms with Gasteiger partial charge in [-0.1, -0.05) is 0 Å². The van der Waals surface area contributed by atoms with E-state index in [0.29, 0.717) is 5.03 Å². The van der Waals surface area contributed by atoms with Crippen molar-refractivity contribution in [3.05, 3.63) is 18.1 Å². The van der Waals surface area contributed by atoms with Gasteiger partial charge in [-0.25, -0.2) is 23.3 Å². The fraction of sp³-hybridized carbons (Fsp3) is 0.375. The van der Waals surface area contributed by atoms with Gasteiger partial charge < -0.3 is 4.74 Å². The highest BCUT2D eigenvalue weighted by molar-refractivity contribution is 8.00. The molecular weight excluding hydrogens is 266 g/mol. The third-order valence-electron chi connectivity index (χ3n) is 1.62. The van der Waals surface area contributed by atoms with Crippen LogP contribution in [0, 0.1) is 0 Å². The number of thioether (sulfide) groups is 1. The van der Waals surface area contributed by atoms with Crippen LogP contribution in [0.25, 0.3) is 0 Å². The van der Waals surface area contributed by atoms with Gasteiger partial charge in [0.2, 0.25) is 10.0 Å². The Labute approximate surface area is 103 Å². The molecule has 0 spiro atoms. The Morgan fingerprint density at radius 2 is 2.24 bits per heavy atom. The Balaban J connectivity index is 2.63. The molecule has 17 heavy (non-hydrogen) atoms. The summed E-state index contributed by atoms with van der Waals surface area (Å²) in [6, 6.07) is 0. The minimum atomic E-state index is -3.49. The number of primary sulfonamides is 1. The van der Waals surface area contributed by atoms with E-state index in [0.717, 1.165) is 11.8 Å². The molecule has 9 heteroatoms. The number of sulfonamides is 1. The summed E-state index contributed by atoms with van der Waals surface area (Å²) in [5, 5.41) is 5.29. The zero-order chi connectivity index (χ0) is 12.9. The molecule has 0 radical (unpaired) electrons. The molecule has 0 atom stereocenters. The van der Waals surface area contributed by atoms with Gasteiger partial charge in [0, 0.05) is 5.75 Å². The van der Waals surface area contributed by atoms with Crippen LogP contribution < -0.4 is 5.14 Å². The van der Waals surface area contributed by atoms with Crippen LogP contribution in [-0.2, 0) is 14.8 Å². The first kappa shape index (κ1) is 13.9. The number of carbonyl (C=O) groups excluding carboxylic acids is 1. The van der Waals surface area contributed by atoms with E-state index >= 15 is 0 Å². The van der Waals surface area contributed by atoms with E-state index in [1.54, 1.807) is 0 Å². The lowest BCUT2D eigenvalue weighted by Gasteiger charge is -2.01. The van der Waals surface area contributed by atoms with Gasteiger partial charge in [-0.15, -0.1) is 11.8 Å². The highest BCUT2D eigenvalue weighted by Gasteiger charge is 2.09. The number of nitrogens with two attached hydrogens (primary N) is 1. The smallest absolute Gasteiger partial charge is 0.358 e. The first-order valence-electron chi connectivity index (χ1n) is 4.46. The van der Waals surface area contributed by atoms with Crippen molar-refractivity contribution in [3.63, 3.8) is 0 Å². The Morgan fingerprint density at radius 3 is 2.82 bits per heavy atom. The summed E-state index contributed by atoms with van der Waals surface area (Å²) in [5.74, 6) is -0.508. The van der Waals surface area contributed by atoms with Crippen LogP contribution in [0.3, 0.4) is 0 Å². The lowest BCUT2D eigenvalue weighted by Crippen LogP contribution is -2.17. The number of esters is 1. The molecule has 1 rings (SSSR count). The van der Waals surface area contributed by atoms with Crippen LogP contribution in [0.1, 0.15) is 10.5 Å². The lowest BCUT2D eigenvalue weighted by molar-refractivity contribution is 0.0592. The van der Waals surface area contributed by atoms with E-state index < -0.39 is 16.0 Å². The van der Waals surface area contributed by atoms with Crippen LogP contribution in [0.2, 0.25) is 0 Å². The largest absolute Gasteiger partial charge is 0.464 e. The second-order valence-electron chi connectivity index (χ2n) is 2.95. The minimum Gasteiger partial charge on any atom is -0.464 e. The van der Waals surface area contributed by atoms with Crippen molar-refractivity contribution in [1.29, 1.82) is 0 Å². The first-order chi connectivity index (χ1) is 7.92. The third kappa shape index (κ3) is 5.11. The van der Waals surface area contributed by atoms with Gasteiger partial charge in [0.05, 0.1) is 25.3 Å². The molecular formula is C8H11N3O4S2. The summed E-state index contributed by atoms with van der Waals surface area (Å²) in [6.45, 7) is 0. The van der Waals surface area contributed by atoms with Crippen molar-refractivity contribution in [2.75, 3.05) is 18.6 Å². The number of hydrogen-bond acceptors (Lipinski definition) is 7. The van der Waals surface area contributed by atoms with Gasteiger partial charge in [0.1, 0.15) is 5.03 Å². The molecule has 94 valence electrons. The van der Waals surface area contributed by atoms with E-state index in [9.17, 15) is 13.2 Å². The standard InChI is InChI=1S/C8H11N3O4S2/c1-15-8(12)6-4-10-5-7(11-6)16-2-3-17(9,13)14/h4-5H,2-3H2,1H3,(H2,9,13,14). The topological polar surface area (TPSA) is 112 Å². The molecule has 0 saturated carbocycles. The molecule has 7 nitrogen and oxygen atoms in total. The SMILES string of the molecule is COC(=O)c1cncc(SCCS(N)(=O)=O)n1. The number of aromatic nitrogens is 2. The fourth-order valence-corrected chi connectivity index (χ4v) is 2.65. The summed E-state index contributed by atoms with van der Waals surface area (Å²) < 4.78 is 25.9. The Kier molecular flexibility index (Phi) is 4.85. The van der Waals surface area contributed by atoms with Crippen LogP contribution >= 0.6 is 11.8 Å². The predicted molar refractivity (Wildman–Crippen MR) is 62.1 cm³/mol. The van der Waals surface area contributed by atoms with E-state index in [2.05, 4.69) is 14.7 Å². The zero-order valence-electron chi connectivity index (χ0n) is 8.99. The van der Waals surface area contributed by atoms with Crippen molar-refractivity contribution in [1.82, 2.24) is 9.97 Å². The number of nitrogens with zero attached hydrogens (tertiary/aromatic N) is 2. The molecule has 1 aromatic rings. The molecule has 2 N–H and O–H groups in total. The van der Waals surface area contributed by atoms with Gasteiger partial charge >= 0.3 is 5.97 Å². The summed E-state index contributed by atoms with van der Waals surface area (Å²) in [4.78, 5) is 18.9. The Bertz CT molecular complexity index is 503. The second kappa shape index (κ2) is 5.94. The normalized spacial score (nSPS) is 11.2. The van der Waals surface area contributed by atoms with Crippen molar-refractivity contribution in [2.45, 2.75) is 5.03 Å². The van der Waals surface area contributed by atoms with E-state index in [1.165, 1.54) is 19.5 Å². The summed E-state index contributed by atoms with van der Waals surface area (Å²) in [6.07, 6.45) is 2.70. The molecule has 1 heterocycles.